The number of thiophene rings is 1. The molecule has 2 aromatic rings. The highest BCUT2D eigenvalue weighted by atomic mass is 35.5. The zero-order valence-corrected chi connectivity index (χ0v) is 17.0. The number of carbonyl (C=O) groups is 1. The van der Waals surface area contributed by atoms with Crippen LogP contribution in [0.5, 0.6) is 5.75 Å². The Morgan fingerprint density at radius 3 is 2.73 bits per heavy atom. The molecule has 0 radical (unpaired) electrons. The summed E-state index contributed by atoms with van der Waals surface area (Å²) in [7, 11) is 1.62. The van der Waals surface area contributed by atoms with Crippen molar-refractivity contribution in [1.82, 2.24) is 10.2 Å². The van der Waals surface area contributed by atoms with Crippen molar-refractivity contribution < 1.29 is 9.53 Å². The molecule has 7 heteroatoms. The van der Waals surface area contributed by atoms with Crippen LogP contribution in [0.15, 0.2) is 18.2 Å². The summed E-state index contributed by atoms with van der Waals surface area (Å²) in [6.45, 7) is 2.41. The molecule has 1 saturated carbocycles. The van der Waals surface area contributed by atoms with Gasteiger partial charge >= 0.3 is 0 Å². The van der Waals surface area contributed by atoms with Crippen molar-refractivity contribution >= 4 is 51.3 Å². The maximum absolute atomic E-state index is 13.0. The van der Waals surface area contributed by atoms with Gasteiger partial charge in [0, 0.05) is 5.54 Å². The number of carbonyl (C=O) groups excluding carboxylic acids is 1. The summed E-state index contributed by atoms with van der Waals surface area (Å²) in [5.41, 5.74) is 0.258. The first-order chi connectivity index (χ1) is 12.1. The Balaban J connectivity index is 0.00000168. The normalized spacial score (nSPS) is 28.0. The molecule has 1 spiro atoms. The first-order valence-corrected chi connectivity index (χ1v) is 10.1. The SMILES string of the molecule is COc1c(Cl)ccc2cc(C(=O)N[C@@H]3C4CCN(CC4)C34CC4)sc12.Cl. The van der Waals surface area contributed by atoms with Gasteiger partial charge in [-0.3, -0.25) is 9.69 Å². The largest absolute Gasteiger partial charge is 0.494 e. The number of halogens is 2. The van der Waals surface area contributed by atoms with Gasteiger partial charge in [0.15, 0.2) is 5.75 Å². The van der Waals surface area contributed by atoms with Crippen molar-refractivity contribution in [2.24, 2.45) is 5.92 Å². The summed E-state index contributed by atoms with van der Waals surface area (Å²) in [5.74, 6) is 1.34. The van der Waals surface area contributed by atoms with E-state index >= 15 is 0 Å². The first kappa shape index (κ1) is 18.4. The van der Waals surface area contributed by atoms with E-state index in [0.29, 0.717) is 22.7 Å². The number of benzene rings is 1. The third-order valence-corrected chi connectivity index (χ3v) is 7.74. The number of piperidine rings is 3. The van der Waals surface area contributed by atoms with E-state index in [0.717, 1.165) is 15.0 Å². The highest BCUT2D eigenvalue weighted by Gasteiger charge is 2.60. The fourth-order valence-corrected chi connectivity index (χ4v) is 6.27. The lowest BCUT2D eigenvalue weighted by Gasteiger charge is -2.52. The van der Waals surface area contributed by atoms with Crippen LogP contribution in [0, 0.1) is 5.92 Å². The summed E-state index contributed by atoms with van der Waals surface area (Å²) in [4.78, 5) is 16.3. The number of ether oxygens (including phenoxy) is 1. The molecule has 1 amide bonds. The summed E-state index contributed by atoms with van der Waals surface area (Å²) in [5, 5.41) is 4.98. The zero-order valence-electron chi connectivity index (χ0n) is 14.6. The molecule has 0 unspecified atom stereocenters. The van der Waals surface area contributed by atoms with Crippen molar-refractivity contribution in [3.8, 4) is 5.75 Å². The predicted molar refractivity (Wildman–Crippen MR) is 108 cm³/mol. The molecular weight excluding hydrogens is 391 g/mol. The van der Waals surface area contributed by atoms with Gasteiger partial charge in [0.1, 0.15) is 0 Å². The molecular formula is C19H22Cl2N2O2S. The number of hydrogen-bond acceptors (Lipinski definition) is 4. The molecule has 1 aromatic heterocycles. The van der Waals surface area contributed by atoms with Crippen LogP contribution in [0.25, 0.3) is 10.1 Å². The average molecular weight is 413 g/mol. The van der Waals surface area contributed by atoms with E-state index in [4.69, 9.17) is 16.3 Å². The zero-order chi connectivity index (χ0) is 17.2. The number of rotatable bonds is 3. The van der Waals surface area contributed by atoms with E-state index in [9.17, 15) is 4.79 Å². The van der Waals surface area contributed by atoms with E-state index in [1.165, 1.54) is 50.1 Å². The highest BCUT2D eigenvalue weighted by molar-refractivity contribution is 7.21. The van der Waals surface area contributed by atoms with E-state index in [1.807, 2.05) is 18.2 Å². The molecule has 4 aliphatic rings. The van der Waals surface area contributed by atoms with Gasteiger partial charge in [0.05, 0.1) is 27.8 Å². The van der Waals surface area contributed by atoms with Gasteiger partial charge in [-0.2, -0.15) is 0 Å². The third-order valence-electron chi connectivity index (χ3n) is 6.29. The second-order valence-electron chi connectivity index (χ2n) is 7.49. The minimum absolute atomic E-state index is 0. The number of nitrogens with zero attached hydrogens (tertiary/aromatic N) is 1. The molecule has 1 aromatic carbocycles. The van der Waals surface area contributed by atoms with Gasteiger partial charge in [-0.15, -0.1) is 23.7 Å². The van der Waals surface area contributed by atoms with E-state index in [1.54, 1.807) is 7.11 Å². The first-order valence-electron chi connectivity index (χ1n) is 8.94. The molecule has 6 rings (SSSR count). The van der Waals surface area contributed by atoms with Crippen molar-refractivity contribution in [3.05, 3.63) is 28.1 Å². The van der Waals surface area contributed by atoms with E-state index < -0.39 is 0 Å². The molecule has 3 saturated heterocycles. The van der Waals surface area contributed by atoms with Crippen LogP contribution in [-0.2, 0) is 0 Å². The van der Waals surface area contributed by atoms with E-state index in [2.05, 4.69) is 10.2 Å². The lowest BCUT2D eigenvalue weighted by atomic mass is 9.77. The monoisotopic (exact) mass is 412 g/mol. The fourth-order valence-electron chi connectivity index (χ4n) is 4.89. The number of methoxy groups -OCH3 is 1. The Morgan fingerprint density at radius 1 is 1.35 bits per heavy atom. The van der Waals surface area contributed by atoms with E-state index in [-0.39, 0.29) is 23.9 Å². The Kier molecular flexibility index (Phi) is 4.63. The van der Waals surface area contributed by atoms with Crippen molar-refractivity contribution in [3.63, 3.8) is 0 Å². The second kappa shape index (κ2) is 6.55. The molecule has 26 heavy (non-hydrogen) atoms. The van der Waals surface area contributed by atoms with Crippen LogP contribution >= 0.6 is 35.3 Å². The Bertz CT molecular complexity index is 857. The number of fused-ring (bicyclic) bond motifs is 3. The van der Waals surface area contributed by atoms with Gasteiger partial charge in [-0.25, -0.2) is 0 Å². The molecule has 4 fully saturated rings. The van der Waals surface area contributed by atoms with Crippen LogP contribution < -0.4 is 10.1 Å². The highest BCUT2D eigenvalue weighted by Crippen LogP contribution is 2.53. The Hall–Kier alpha value is -1.01. The summed E-state index contributed by atoms with van der Waals surface area (Å²) in [6, 6.07) is 6.03. The van der Waals surface area contributed by atoms with Gasteiger partial charge in [0.2, 0.25) is 0 Å². The van der Waals surface area contributed by atoms with Crippen molar-refractivity contribution in [2.75, 3.05) is 20.2 Å². The topological polar surface area (TPSA) is 41.6 Å². The average Bonchev–Trinajstić information content (AvgIpc) is 3.28. The van der Waals surface area contributed by atoms with Crippen LogP contribution in [0.3, 0.4) is 0 Å². The molecule has 1 aliphatic carbocycles. The minimum atomic E-state index is 0. The van der Waals surface area contributed by atoms with Crippen molar-refractivity contribution in [1.29, 1.82) is 0 Å². The maximum Gasteiger partial charge on any atom is 0.261 e. The van der Waals surface area contributed by atoms with Gasteiger partial charge in [0.25, 0.3) is 5.91 Å². The second-order valence-corrected chi connectivity index (χ2v) is 8.95. The lowest BCUT2D eigenvalue weighted by molar-refractivity contribution is -0.00138. The fraction of sp³-hybridized carbons (Fsp3) is 0.526. The molecule has 2 bridgehead atoms. The molecule has 4 heterocycles. The number of hydrogen-bond donors (Lipinski definition) is 1. The standard InChI is InChI=1S/C19H21ClN2O2S.ClH/c1-24-15-13(20)3-2-12-10-14(25-16(12)15)18(23)21-17-11-4-8-22(9-5-11)19(17)6-7-19;/h2-3,10-11,17H,4-9H2,1H3,(H,21,23);1H/t17-;/m1./s1. The Labute approximate surface area is 168 Å². The van der Waals surface area contributed by atoms with Crippen molar-refractivity contribution in [2.45, 2.75) is 37.3 Å². The molecule has 1 atom stereocenters. The minimum Gasteiger partial charge on any atom is -0.494 e. The quantitative estimate of drug-likeness (QED) is 0.814. The molecule has 4 nitrogen and oxygen atoms in total. The van der Waals surface area contributed by atoms with Crippen LogP contribution in [0.2, 0.25) is 5.02 Å². The summed E-state index contributed by atoms with van der Waals surface area (Å²) < 4.78 is 6.36. The maximum atomic E-state index is 13.0. The smallest absolute Gasteiger partial charge is 0.261 e. The van der Waals surface area contributed by atoms with Crippen LogP contribution in [-0.4, -0.2) is 42.6 Å². The summed E-state index contributed by atoms with van der Waals surface area (Å²) in [6.07, 6.45) is 4.87. The third kappa shape index (κ3) is 2.63. The summed E-state index contributed by atoms with van der Waals surface area (Å²) >= 11 is 7.68. The van der Waals surface area contributed by atoms with Gasteiger partial charge in [-0.05, 0) is 62.2 Å². The molecule has 1 N–H and O–H groups in total. The van der Waals surface area contributed by atoms with Gasteiger partial charge in [-0.1, -0.05) is 17.7 Å². The number of amides is 1. The van der Waals surface area contributed by atoms with Crippen LogP contribution in [0.4, 0.5) is 0 Å². The molecule has 140 valence electrons. The Morgan fingerprint density at radius 2 is 2.08 bits per heavy atom. The van der Waals surface area contributed by atoms with Gasteiger partial charge < -0.3 is 10.1 Å². The lowest BCUT2D eigenvalue weighted by Crippen LogP contribution is -2.65. The predicted octanol–water partition coefficient (Wildman–Crippen LogP) is 4.34. The number of nitrogens with one attached hydrogen (secondary N) is 1. The molecule has 3 aliphatic heterocycles. The van der Waals surface area contributed by atoms with Crippen LogP contribution in [0.1, 0.15) is 35.4 Å².